The van der Waals surface area contributed by atoms with Crippen molar-refractivity contribution >= 4 is 16.9 Å². The molecule has 0 radical (unpaired) electrons. The van der Waals surface area contributed by atoms with Gasteiger partial charge in [0.25, 0.3) is 0 Å². The number of aromatic nitrogens is 1. The van der Waals surface area contributed by atoms with E-state index in [1.54, 1.807) is 32.9 Å². The summed E-state index contributed by atoms with van der Waals surface area (Å²) >= 11 is 0. The minimum atomic E-state index is -4.51. The topological polar surface area (TPSA) is 51.3 Å². The van der Waals surface area contributed by atoms with Crippen LogP contribution in [0.15, 0.2) is 36.4 Å². The number of carbonyl (C=O) groups is 1. The number of carbonyl (C=O) groups excluding carboxylic acids is 1. The summed E-state index contributed by atoms with van der Waals surface area (Å²) in [5.74, 6) is -0.170. The molecule has 0 saturated heterocycles. The number of esters is 1. The number of H-pyrrole nitrogens is 1. The van der Waals surface area contributed by atoms with Gasteiger partial charge in [0.1, 0.15) is 17.0 Å². The highest BCUT2D eigenvalue weighted by Crippen LogP contribution is 2.42. The van der Waals surface area contributed by atoms with Gasteiger partial charge >= 0.3 is 12.1 Å². The number of aromatic amines is 1. The third-order valence-corrected chi connectivity index (χ3v) is 4.41. The van der Waals surface area contributed by atoms with E-state index in [0.29, 0.717) is 22.4 Å². The highest BCUT2D eigenvalue weighted by Gasteiger charge is 2.32. The number of rotatable bonds is 3. The van der Waals surface area contributed by atoms with E-state index < -0.39 is 23.3 Å². The number of fused-ring (bicyclic) bond motifs is 1. The normalized spacial score (nSPS) is 12.3. The fourth-order valence-electron chi connectivity index (χ4n) is 3.25. The maximum absolute atomic E-state index is 13.3. The number of alkyl halides is 3. The van der Waals surface area contributed by atoms with Gasteiger partial charge in [-0.15, -0.1) is 0 Å². The number of para-hydroxylation sites is 1. The number of hydrogen-bond acceptors (Lipinski definition) is 3. The van der Waals surface area contributed by atoms with Crippen molar-refractivity contribution in [3.05, 3.63) is 53.2 Å². The molecule has 1 N–H and O–H groups in total. The van der Waals surface area contributed by atoms with Crippen LogP contribution >= 0.6 is 0 Å². The van der Waals surface area contributed by atoms with Crippen molar-refractivity contribution in [1.82, 2.24) is 4.98 Å². The third-order valence-electron chi connectivity index (χ3n) is 4.41. The van der Waals surface area contributed by atoms with Gasteiger partial charge in [-0.25, -0.2) is 4.79 Å². The summed E-state index contributed by atoms with van der Waals surface area (Å²) in [4.78, 5) is 15.8. The predicted octanol–water partition coefficient (Wildman–Crippen LogP) is 6.13. The molecule has 0 fully saturated rings. The Morgan fingerprint density at radius 2 is 1.76 bits per heavy atom. The lowest BCUT2D eigenvalue weighted by atomic mass is 9.97. The van der Waals surface area contributed by atoms with E-state index in [1.807, 2.05) is 13.0 Å². The summed E-state index contributed by atoms with van der Waals surface area (Å²) in [5.41, 5.74) is 0.545. The number of aryl methyl sites for hydroxylation is 1. The molecule has 3 aromatic rings. The van der Waals surface area contributed by atoms with Crippen LogP contribution in [0.4, 0.5) is 13.2 Å². The first-order chi connectivity index (χ1) is 13.4. The second-order valence-corrected chi connectivity index (χ2v) is 7.79. The first-order valence-corrected chi connectivity index (χ1v) is 9.02. The second kappa shape index (κ2) is 7.13. The lowest BCUT2D eigenvalue weighted by molar-refractivity contribution is -0.137. The Bertz CT molecular complexity index is 1080. The summed E-state index contributed by atoms with van der Waals surface area (Å²) in [6.07, 6.45) is -4.51. The van der Waals surface area contributed by atoms with Gasteiger partial charge < -0.3 is 14.5 Å². The molecule has 29 heavy (non-hydrogen) atoms. The smallest absolute Gasteiger partial charge is 0.416 e. The molecule has 2 aromatic carbocycles. The third kappa shape index (κ3) is 4.09. The van der Waals surface area contributed by atoms with Crippen molar-refractivity contribution < 1.29 is 27.4 Å². The van der Waals surface area contributed by atoms with Gasteiger partial charge in [-0.3, -0.25) is 0 Å². The average Bonchev–Trinajstić information content (AvgIpc) is 2.98. The van der Waals surface area contributed by atoms with Crippen LogP contribution in [0.5, 0.6) is 5.75 Å². The zero-order valence-corrected chi connectivity index (χ0v) is 16.8. The monoisotopic (exact) mass is 405 g/mol. The van der Waals surface area contributed by atoms with Crippen molar-refractivity contribution in [3.8, 4) is 16.9 Å². The van der Waals surface area contributed by atoms with E-state index >= 15 is 0 Å². The predicted molar refractivity (Wildman–Crippen MR) is 105 cm³/mol. The second-order valence-electron chi connectivity index (χ2n) is 7.79. The molecule has 0 aliphatic rings. The highest BCUT2D eigenvalue weighted by molar-refractivity contribution is 6.09. The quantitative estimate of drug-likeness (QED) is 0.534. The number of methoxy groups -OCH3 is 1. The van der Waals surface area contributed by atoms with E-state index in [1.165, 1.54) is 13.2 Å². The maximum atomic E-state index is 13.3. The first-order valence-electron chi connectivity index (χ1n) is 9.02. The van der Waals surface area contributed by atoms with Crippen LogP contribution in [0.1, 0.15) is 42.4 Å². The van der Waals surface area contributed by atoms with E-state index in [9.17, 15) is 18.0 Å². The maximum Gasteiger partial charge on any atom is 0.416 e. The first kappa shape index (κ1) is 20.8. The average molecular weight is 405 g/mol. The Morgan fingerprint density at radius 1 is 1.07 bits per heavy atom. The molecular weight excluding hydrogens is 383 g/mol. The number of benzene rings is 2. The van der Waals surface area contributed by atoms with Crippen molar-refractivity contribution in [2.45, 2.75) is 39.5 Å². The summed E-state index contributed by atoms with van der Waals surface area (Å²) in [7, 11) is 1.48. The number of nitrogens with one attached hydrogen (secondary N) is 1. The van der Waals surface area contributed by atoms with Gasteiger partial charge in [-0.2, -0.15) is 13.2 Å². The minimum absolute atomic E-state index is 0.0816. The van der Waals surface area contributed by atoms with E-state index in [0.717, 1.165) is 17.7 Å². The summed E-state index contributed by atoms with van der Waals surface area (Å²) in [6.45, 7) is 7.00. The molecule has 0 saturated carbocycles. The Morgan fingerprint density at radius 3 is 2.34 bits per heavy atom. The highest BCUT2D eigenvalue weighted by atomic mass is 19.4. The fourth-order valence-corrected chi connectivity index (χ4v) is 3.25. The molecule has 0 amide bonds. The molecule has 1 heterocycles. The van der Waals surface area contributed by atoms with Gasteiger partial charge in [-0.1, -0.05) is 18.2 Å². The minimum Gasteiger partial charge on any atom is -0.496 e. The molecule has 4 nitrogen and oxygen atoms in total. The molecule has 1 aromatic heterocycles. The molecule has 154 valence electrons. The molecule has 3 rings (SSSR count). The lowest BCUT2D eigenvalue weighted by Gasteiger charge is -2.20. The number of ether oxygens (including phenoxy) is 2. The lowest BCUT2D eigenvalue weighted by Crippen LogP contribution is -2.24. The Kier molecular flexibility index (Phi) is 5.11. The van der Waals surface area contributed by atoms with Crippen LogP contribution < -0.4 is 4.74 Å². The van der Waals surface area contributed by atoms with Gasteiger partial charge in [0.05, 0.1) is 12.7 Å². The van der Waals surface area contributed by atoms with Crippen LogP contribution in [0, 0.1) is 6.92 Å². The molecule has 0 aliphatic heterocycles. The van der Waals surface area contributed by atoms with Crippen molar-refractivity contribution in [1.29, 1.82) is 0 Å². The Balaban J connectivity index is 2.36. The summed E-state index contributed by atoms with van der Waals surface area (Å²) in [6, 6.07) is 8.64. The van der Waals surface area contributed by atoms with Crippen LogP contribution in [-0.2, 0) is 10.9 Å². The standard InChI is InChI=1S/C22H22F3NO3/c1-12-7-6-8-14(19(12)28-5)17-15-11-13(22(23,24)25)9-10-16(15)26-18(17)20(27)29-21(2,3)4/h6-11,26H,1-5H3. The summed E-state index contributed by atoms with van der Waals surface area (Å²) < 4.78 is 50.9. The van der Waals surface area contributed by atoms with Gasteiger partial charge in [-0.05, 0) is 51.5 Å². The van der Waals surface area contributed by atoms with E-state index in [-0.39, 0.29) is 11.1 Å². The Hall–Kier alpha value is -2.96. The van der Waals surface area contributed by atoms with Gasteiger partial charge in [0.2, 0.25) is 0 Å². The van der Waals surface area contributed by atoms with Crippen LogP contribution in [0.25, 0.3) is 22.0 Å². The molecule has 0 spiro atoms. The number of halogens is 3. The molecule has 0 unspecified atom stereocenters. The molecule has 0 bridgehead atoms. The van der Waals surface area contributed by atoms with E-state index in [2.05, 4.69) is 4.98 Å². The van der Waals surface area contributed by atoms with Crippen molar-refractivity contribution in [2.24, 2.45) is 0 Å². The largest absolute Gasteiger partial charge is 0.496 e. The van der Waals surface area contributed by atoms with Crippen LogP contribution in [-0.4, -0.2) is 23.7 Å². The number of hydrogen-bond donors (Lipinski definition) is 1. The van der Waals surface area contributed by atoms with Gasteiger partial charge in [0, 0.05) is 22.0 Å². The van der Waals surface area contributed by atoms with Gasteiger partial charge in [0.15, 0.2) is 0 Å². The molecule has 7 heteroatoms. The fraction of sp³-hybridized carbons (Fsp3) is 0.318. The zero-order valence-electron chi connectivity index (χ0n) is 16.8. The molecule has 0 aliphatic carbocycles. The Labute approximate surface area is 166 Å². The van der Waals surface area contributed by atoms with Crippen LogP contribution in [0.2, 0.25) is 0 Å². The summed E-state index contributed by atoms with van der Waals surface area (Å²) in [5, 5.41) is 0.268. The molecule has 0 atom stereocenters. The van der Waals surface area contributed by atoms with Crippen LogP contribution in [0.3, 0.4) is 0 Å². The van der Waals surface area contributed by atoms with E-state index in [4.69, 9.17) is 9.47 Å². The molecular formula is C22H22F3NO3. The zero-order chi connectivity index (χ0) is 21.6. The SMILES string of the molecule is COc1c(C)cccc1-c1c(C(=O)OC(C)(C)C)[nH]c2ccc(C(F)(F)F)cc12. The van der Waals surface area contributed by atoms with Crippen molar-refractivity contribution in [3.63, 3.8) is 0 Å². The van der Waals surface area contributed by atoms with Crippen molar-refractivity contribution in [2.75, 3.05) is 7.11 Å².